The molecule has 0 unspecified atom stereocenters. The van der Waals surface area contributed by atoms with Gasteiger partial charge in [0.05, 0.1) is 12.2 Å². The molecule has 0 aromatic heterocycles. The normalized spacial score (nSPS) is 10.3. The lowest BCUT2D eigenvalue weighted by Crippen LogP contribution is -2.22. The Hall–Kier alpha value is -1.44. The summed E-state index contributed by atoms with van der Waals surface area (Å²) in [5.41, 5.74) is 0.537. The third kappa shape index (κ3) is 3.01. The maximum atomic E-state index is 13.6. The van der Waals surface area contributed by atoms with Gasteiger partial charge in [-0.05, 0) is 13.1 Å². The zero-order valence-electron chi connectivity index (χ0n) is 8.57. The number of benzene rings is 1. The molecule has 0 aliphatic heterocycles. The Labute approximate surface area is 88.4 Å². The number of hydrogen-bond donors (Lipinski definition) is 1. The summed E-state index contributed by atoms with van der Waals surface area (Å²) in [7, 11) is 1.79. The summed E-state index contributed by atoms with van der Waals surface area (Å²) in [6, 6.07) is 6.55. The Kier molecular flexibility index (Phi) is 4.22. The summed E-state index contributed by atoms with van der Waals surface area (Å²) >= 11 is 0. The van der Waals surface area contributed by atoms with E-state index >= 15 is 0 Å². The second-order valence-electron chi connectivity index (χ2n) is 3.35. The maximum Gasteiger partial charge on any atom is 0.145 e. The van der Waals surface area contributed by atoms with Crippen LogP contribution in [0.25, 0.3) is 0 Å². The van der Waals surface area contributed by atoms with Crippen molar-refractivity contribution in [1.82, 2.24) is 4.90 Å². The number of halogens is 1. The van der Waals surface area contributed by atoms with Gasteiger partial charge in [0.1, 0.15) is 11.9 Å². The number of nitriles is 1. The van der Waals surface area contributed by atoms with Gasteiger partial charge in [0.15, 0.2) is 0 Å². The second kappa shape index (κ2) is 5.44. The molecule has 0 radical (unpaired) electrons. The van der Waals surface area contributed by atoms with Crippen LogP contribution in [0.3, 0.4) is 0 Å². The van der Waals surface area contributed by atoms with E-state index in [-0.39, 0.29) is 12.2 Å². The van der Waals surface area contributed by atoms with E-state index in [1.807, 2.05) is 0 Å². The second-order valence-corrected chi connectivity index (χ2v) is 3.35. The third-order valence-electron chi connectivity index (χ3n) is 2.12. The quantitative estimate of drug-likeness (QED) is 0.806. The van der Waals surface area contributed by atoms with Gasteiger partial charge in [-0.25, -0.2) is 4.39 Å². The van der Waals surface area contributed by atoms with Crippen molar-refractivity contribution in [2.24, 2.45) is 0 Å². The minimum atomic E-state index is -0.468. The van der Waals surface area contributed by atoms with Crippen molar-refractivity contribution in [1.29, 1.82) is 5.26 Å². The van der Waals surface area contributed by atoms with Gasteiger partial charge < -0.3 is 5.11 Å². The number of nitrogens with zero attached hydrogens (tertiary/aromatic N) is 2. The fraction of sp³-hybridized carbons (Fsp3) is 0.364. The first-order valence-corrected chi connectivity index (χ1v) is 4.66. The van der Waals surface area contributed by atoms with Crippen LogP contribution in [0.15, 0.2) is 18.2 Å². The fourth-order valence-corrected chi connectivity index (χ4v) is 1.33. The van der Waals surface area contributed by atoms with Crippen molar-refractivity contribution < 1.29 is 9.50 Å². The smallest absolute Gasteiger partial charge is 0.145 e. The van der Waals surface area contributed by atoms with E-state index in [1.165, 1.54) is 6.07 Å². The molecular formula is C11H13FN2O. The maximum absolute atomic E-state index is 13.6. The number of rotatable bonds is 4. The minimum Gasteiger partial charge on any atom is -0.395 e. The molecule has 0 aliphatic carbocycles. The molecule has 0 bridgehead atoms. The largest absolute Gasteiger partial charge is 0.395 e. The highest BCUT2D eigenvalue weighted by Crippen LogP contribution is 2.13. The van der Waals surface area contributed by atoms with Crippen molar-refractivity contribution in [3.63, 3.8) is 0 Å². The van der Waals surface area contributed by atoms with Crippen molar-refractivity contribution in [2.45, 2.75) is 6.54 Å². The monoisotopic (exact) mass is 208 g/mol. The van der Waals surface area contributed by atoms with E-state index in [9.17, 15) is 4.39 Å². The summed E-state index contributed by atoms with van der Waals surface area (Å²) < 4.78 is 13.6. The number of hydrogen-bond acceptors (Lipinski definition) is 3. The molecule has 0 heterocycles. The molecule has 3 nitrogen and oxygen atoms in total. The highest BCUT2D eigenvalue weighted by Gasteiger charge is 2.08. The van der Waals surface area contributed by atoms with Crippen LogP contribution >= 0.6 is 0 Å². The average molecular weight is 208 g/mol. The number of likely N-dealkylation sites (N-methyl/N-ethyl adjacent to an activating group) is 1. The molecule has 1 N–H and O–H groups in total. The Morgan fingerprint density at radius 1 is 1.53 bits per heavy atom. The zero-order chi connectivity index (χ0) is 11.3. The number of aliphatic hydroxyl groups excluding tert-OH is 1. The summed E-state index contributed by atoms with van der Waals surface area (Å²) in [5.74, 6) is -0.468. The van der Waals surface area contributed by atoms with Crippen LogP contribution in [0.1, 0.15) is 11.1 Å². The fourth-order valence-electron chi connectivity index (χ4n) is 1.33. The third-order valence-corrected chi connectivity index (χ3v) is 2.12. The predicted octanol–water partition coefficient (Wildman–Crippen LogP) is 1.12. The Morgan fingerprint density at radius 3 is 2.87 bits per heavy atom. The molecule has 0 fully saturated rings. The van der Waals surface area contributed by atoms with Gasteiger partial charge in [-0.15, -0.1) is 0 Å². The van der Waals surface area contributed by atoms with Crippen LogP contribution in [0.5, 0.6) is 0 Å². The topological polar surface area (TPSA) is 47.3 Å². The molecule has 4 heteroatoms. The Bertz CT molecular complexity index is 373. The molecule has 0 aliphatic rings. The van der Waals surface area contributed by atoms with Gasteiger partial charge >= 0.3 is 0 Å². The molecule has 0 saturated carbocycles. The van der Waals surface area contributed by atoms with E-state index in [2.05, 4.69) is 0 Å². The first kappa shape index (κ1) is 11.6. The van der Waals surface area contributed by atoms with Gasteiger partial charge in [-0.3, -0.25) is 4.90 Å². The van der Waals surface area contributed by atoms with Crippen molar-refractivity contribution >= 4 is 0 Å². The lowest BCUT2D eigenvalue weighted by molar-refractivity contribution is 0.216. The van der Waals surface area contributed by atoms with Crippen LogP contribution in [0.4, 0.5) is 4.39 Å². The summed E-state index contributed by atoms with van der Waals surface area (Å²) in [4.78, 5) is 1.79. The van der Waals surface area contributed by atoms with Crippen LogP contribution < -0.4 is 0 Å². The Balaban J connectivity index is 2.82. The molecule has 80 valence electrons. The van der Waals surface area contributed by atoms with Crippen LogP contribution in [-0.4, -0.2) is 30.2 Å². The van der Waals surface area contributed by atoms with E-state index in [1.54, 1.807) is 30.1 Å². The molecule has 0 atom stereocenters. The highest BCUT2D eigenvalue weighted by atomic mass is 19.1. The molecule has 0 amide bonds. The summed E-state index contributed by atoms with van der Waals surface area (Å²) in [6.07, 6.45) is 0. The van der Waals surface area contributed by atoms with Gasteiger partial charge in [-0.2, -0.15) is 5.26 Å². The van der Waals surface area contributed by atoms with E-state index in [4.69, 9.17) is 10.4 Å². The summed E-state index contributed by atoms with van der Waals surface area (Å²) in [5, 5.41) is 17.3. The van der Waals surface area contributed by atoms with Crippen LogP contribution in [-0.2, 0) is 6.54 Å². The van der Waals surface area contributed by atoms with E-state index in [0.717, 1.165) is 0 Å². The molecular weight excluding hydrogens is 195 g/mol. The predicted molar refractivity (Wildman–Crippen MR) is 54.5 cm³/mol. The molecule has 1 aromatic carbocycles. The van der Waals surface area contributed by atoms with Gasteiger partial charge in [0, 0.05) is 18.7 Å². The van der Waals surface area contributed by atoms with Crippen LogP contribution in [0.2, 0.25) is 0 Å². The Morgan fingerprint density at radius 2 is 2.27 bits per heavy atom. The summed E-state index contributed by atoms with van der Waals surface area (Å²) in [6.45, 7) is 0.911. The molecule has 1 rings (SSSR count). The lowest BCUT2D eigenvalue weighted by Gasteiger charge is -2.15. The highest BCUT2D eigenvalue weighted by molar-refractivity contribution is 5.34. The molecule has 15 heavy (non-hydrogen) atoms. The molecule has 0 spiro atoms. The lowest BCUT2D eigenvalue weighted by atomic mass is 10.1. The van der Waals surface area contributed by atoms with Crippen LogP contribution in [0, 0.1) is 17.1 Å². The van der Waals surface area contributed by atoms with Crippen molar-refractivity contribution in [2.75, 3.05) is 20.2 Å². The number of aliphatic hydroxyl groups is 1. The van der Waals surface area contributed by atoms with Crippen molar-refractivity contribution in [3.8, 4) is 6.07 Å². The van der Waals surface area contributed by atoms with Crippen molar-refractivity contribution in [3.05, 3.63) is 35.1 Å². The average Bonchev–Trinajstić information content (AvgIpc) is 2.21. The van der Waals surface area contributed by atoms with Gasteiger partial charge in [-0.1, -0.05) is 12.1 Å². The first-order chi connectivity index (χ1) is 7.19. The van der Waals surface area contributed by atoms with Gasteiger partial charge in [0.25, 0.3) is 0 Å². The standard InChI is InChI=1S/C11H13FN2O/c1-14(5-6-15)8-10-4-2-3-9(7-13)11(10)12/h2-4,15H,5-6,8H2,1H3. The first-order valence-electron chi connectivity index (χ1n) is 4.66. The molecule has 1 aromatic rings. The van der Waals surface area contributed by atoms with E-state index < -0.39 is 5.82 Å². The van der Waals surface area contributed by atoms with Gasteiger partial charge in [0.2, 0.25) is 0 Å². The minimum absolute atomic E-state index is 0.0378. The molecule has 0 saturated heterocycles. The SMILES string of the molecule is CN(CCO)Cc1cccc(C#N)c1F. The zero-order valence-corrected chi connectivity index (χ0v) is 8.57. The van der Waals surface area contributed by atoms with E-state index in [0.29, 0.717) is 18.7 Å².